The SMILES string of the molecule is COc1cc(F)ccc1C(N)=O.Cl. The van der Waals surface area contributed by atoms with Crippen molar-refractivity contribution in [1.82, 2.24) is 0 Å². The second-order valence-electron chi connectivity index (χ2n) is 2.21. The third-order valence-corrected chi connectivity index (χ3v) is 1.43. The van der Waals surface area contributed by atoms with Crippen molar-refractivity contribution in [2.45, 2.75) is 0 Å². The number of hydrogen-bond acceptors (Lipinski definition) is 2. The Morgan fingerprint density at radius 2 is 2.15 bits per heavy atom. The molecule has 3 nitrogen and oxygen atoms in total. The monoisotopic (exact) mass is 205 g/mol. The number of ether oxygens (including phenoxy) is 1. The molecule has 1 aromatic carbocycles. The van der Waals surface area contributed by atoms with E-state index in [2.05, 4.69) is 0 Å². The average Bonchev–Trinajstić information content (AvgIpc) is 2.03. The quantitative estimate of drug-likeness (QED) is 0.793. The van der Waals surface area contributed by atoms with Gasteiger partial charge in [0.25, 0.3) is 5.91 Å². The molecule has 0 aliphatic heterocycles. The Labute approximate surface area is 81.1 Å². The molecule has 1 aromatic rings. The molecular weight excluding hydrogens is 197 g/mol. The van der Waals surface area contributed by atoms with E-state index in [4.69, 9.17) is 10.5 Å². The van der Waals surface area contributed by atoms with Crippen LogP contribution < -0.4 is 10.5 Å². The van der Waals surface area contributed by atoms with Crippen molar-refractivity contribution in [1.29, 1.82) is 0 Å². The molecular formula is C8H9ClFNO2. The Hall–Kier alpha value is -1.29. The molecule has 5 heteroatoms. The zero-order chi connectivity index (χ0) is 9.14. The number of benzene rings is 1. The van der Waals surface area contributed by atoms with E-state index in [1.165, 1.54) is 13.2 Å². The molecule has 0 radical (unpaired) electrons. The third kappa shape index (κ3) is 2.59. The van der Waals surface area contributed by atoms with Crippen molar-refractivity contribution >= 4 is 18.3 Å². The van der Waals surface area contributed by atoms with Crippen LogP contribution in [-0.4, -0.2) is 13.0 Å². The number of hydrogen-bond donors (Lipinski definition) is 1. The Balaban J connectivity index is 0.00000144. The summed E-state index contributed by atoms with van der Waals surface area (Å²) in [5.74, 6) is -0.939. The fourth-order valence-corrected chi connectivity index (χ4v) is 0.869. The first-order valence-electron chi connectivity index (χ1n) is 3.28. The van der Waals surface area contributed by atoms with Crippen molar-refractivity contribution in [2.75, 3.05) is 7.11 Å². The second kappa shape index (κ2) is 4.67. The van der Waals surface area contributed by atoms with Gasteiger partial charge in [-0.3, -0.25) is 4.79 Å². The zero-order valence-electron chi connectivity index (χ0n) is 6.91. The van der Waals surface area contributed by atoms with Gasteiger partial charge in [0.1, 0.15) is 11.6 Å². The third-order valence-electron chi connectivity index (χ3n) is 1.43. The maximum atomic E-state index is 12.6. The first-order chi connectivity index (χ1) is 5.65. The number of carbonyl (C=O) groups excluding carboxylic acids is 1. The number of amides is 1. The fourth-order valence-electron chi connectivity index (χ4n) is 0.869. The molecule has 0 saturated heterocycles. The summed E-state index contributed by atoms with van der Waals surface area (Å²) in [6.45, 7) is 0. The van der Waals surface area contributed by atoms with Crippen molar-refractivity contribution in [2.24, 2.45) is 5.73 Å². The van der Waals surface area contributed by atoms with Crippen LogP contribution in [0.1, 0.15) is 10.4 Å². The number of methoxy groups -OCH3 is 1. The van der Waals surface area contributed by atoms with E-state index in [9.17, 15) is 9.18 Å². The van der Waals surface area contributed by atoms with Gasteiger partial charge >= 0.3 is 0 Å². The van der Waals surface area contributed by atoms with Crippen LogP contribution in [0.3, 0.4) is 0 Å². The highest BCUT2D eigenvalue weighted by Gasteiger charge is 2.08. The lowest BCUT2D eigenvalue weighted by Crippen LogP contribution is -2.12. The number of nitrogens with two attached hydrogens (primary N) is 1. The summed E-state index contributed by atoms with van der Waals surface area (Å²) in [6.07, 6.45) is 0. The maximum absolute atomic E-state index is 12.6. The lowest BCUT2D eigenvalue weighted by molar-refractivity contribution is 0.0997. The van der Waals surface area contributed by atoms with Gasteiger partial charge < -0.3 is 10.5 Å². The minimum atomic E-state index is -0.633. The van der Waals surface area contributed by atoms with Crippen LogP contribution in [0.2, 0.25) is 0 Å². The Bertz CT molecular complexity index is 317. The topological polar surface area (TPSA) is 52.3 Å². The zero-order valence-corrected chi connectivity index (χ0v) is 7.73. The van der Waals surface area contributed by atoms with Gasteiger partial charge in [-0.2, -0.15) is 0 Å². The highest BCUT2D eigenvalue weighted by atomic mass is 35.5. The molecule has 0 unspecified atom stereocenters. The van der Waals surface area contributed by atoms with Crippen LogP contribution in [-0.2, 0) is 0 Å². The highest BCUT2D eigenvalue weighted by molar-refractivity contribution is 5.95. The first-order valence-corrected chi connectivity index (χ1v) is 3.28. The van der Waals surface area contributed by atoms with Crippen LogP contribution >= 0.6 is 12.4 Å². The molecule has 0 spiro atoms. The molecule has 0 atom stereocenters. The van der Waals surface area contributed by atoms with E-state index >= 15 is 0 Å². The molecule has 1 amide bonds. The molecule has 0 bridgehead atoms. The molecule has 0 saturated carbocycles. The average molecular weight is 206 g/mol. The minimum Gasteiger partial charge on any atom is -0.496 e. The van der Waals surface area contributed by atoms with Crippen molar-refractivity contribution < 1.29 is 13.9 Å². The first kappa shape index (κ1) is 11.7. The van der Waals surface area contributed by atoms with Crippen LogP contribution in [0.5, 0.6) is 5.75 Å². The molecule has 72 valence electrons. The Morgan fingerprint density at radius 1 is 1.54 bits per heavy atom. The largest absolute Gasteiger partial charge is 0.496 e. The molecule has 2 N–H and O–H groups in total. The van der Waals surface area contributed by atoms with Crippen molar-refractivity contribution in [3.05, 3.63) is 29.6 Å². The summed E-state index contributed by atoms with van der Waals surface area (Å²) < 4.78 is 17.3. The standard InChI is InChI=1S/C8H8FNO2.ClH/c1-12-7-4-5(9)2-3-6(7)8(10)11;/h2-4H,1H3,(H2,10,11);1H. The summed E-state index contributed by atoms with van der Waals surface area (Å²) in [4.78, 5) is 10.7. The molecule has 0 aromatic heterocycles. The van der Waals surface area contributed by atoms with Gasteiger partial charge in [-0.05, 0) is 12.1 Å². The van der Waals surface area contributed by atoms with E-state index in [0.717, 1.165) is 12.1 Å². The molecule has 0 aliphatic rings. The molecule has 1 rings (SSSR count). The van der Waals surface area contributed by atoms with Gasteiger partial charge in [0.15, 0.2) is 0 Å². The number of halogens is 2. The van der Waals surface area contributed by atoms with Crippen LogP contribution in [0, 0.1) is 5.82 Å². The molecule has 0 aliphatic carbocycles. The number of rotatable bonds is 2. The van der Waals surface area contributed by atoms with E-state index < -0.39 is 11.7 Å². The summed E-state index contributed by atoms with van der Waals surface area (Å²) in [5.41, 5.74) is 5.18. The van der Waals surface area contributed by atoms with Crippen LogP contribution in [0.25, 0.3) is 0 Å². The summed E-state index contributed by atoms with van der Waals surface area (Å²) >= 11 is 0. The number of carbonyl (C=O) groups is 1. The van der Waals surface area contributed by atoms with Crippen molar-refractivity contribution in [3.8, 4) is 5.75 Å². The van der Waals surface area contributed by atoms with E-state index in [-0.39, 0.29) is 23.7 Å². The predicted octanol–water partition coefficient (Wildman–Crippen LogP) is 1.35. The summed E-state index contributed by atoms with van der Waals surface area (Å²) in [6, 6.07) is 3.55. The molecule has 0 fully saturated rings. The normalized spacial score (nSPS) is 8.77. The van der Waals surface area contributed by atoms with Gasteiger partial charge in [0.05, 0.1) is 12.7 Å². The lowest BCUT2D eigenvalue weighted by atomic mass is 10.2. The van der Waals surface area contributed by atoms with E-state index in [0.29, 0.717) is 0 Å². The van der Waals surface area contributed by atoms with Gasteiger partial charge in [0.2, 0.25) is 0 Å². The smallest absolute Gasteiger partial charge is 0.252 e. The Kier molecular flexibility index (Phi) is 4.20. The van der Waals surface area contributed by atoms with Gasteiger partial charge in [0, 0.05) is 6.07 Å². The summed E-state index contributed by atoms with van der Waals surface area (Å²) in [7, 11) is 1.35. The lowest BCUT2D eigenvalue weighted by Gasteiger charge is -2.03. The second-order valence-corrected chi connectivity index (χ2v) is 2.21. The van der Waals surface area contributed by atoms with Crippen molar-refractivity contribution in [3.63, 3.8) is 0 Å². The highest BCUT2D eigenvalue weighted by Crippen LogP contribution is 2.18. The molecule has 13 heavy (non-hydrogen) atoms. The van der Waals surface area contributed by atoms with Crippen LogP contribution in [0.4, 0.5) is 4.39 Å². The van der Waals surface area contributed by atoms with Gasteiger partial charge in [-0.15, -0.1) is 12.4 Å². The minimum absolute atomic E-state index is 0. The van der Waals surface area contributed by atoms with E-state index in [1.54, 1.807) is 0 Å². The summed E-state index contributed by atoms with van der Waals surface area (Å²) in [5, 5.41) is 0. The van der Waals surface area contributed by atoms with Crippen LogP contribution in [0.15, 0.2) is 18.2 Å². The van der Waals surface area contributed by atoms with Gasteiger partial charge in [-0.25, -0.2) is 4.39 Å². The molecule has 0 heterocycles. The number of primary amides is 1. The predicted molar refractivity (Wildman–Crippen MR) is 48.7 cm³/mol. The Morgan fingerprint density at radius 3 is 2.62 bits per heavy atom. The maximum Gasteiger partial charge on any atom is 0.252 e. The van der Waals surface area contributed by atoms with E-state index in [1.807, 2.05) is 0 Å². The van der Waals surface area contributed by atoms with Gasteiger partial charge in [-0.1, -0.05) is 0 Å². The fraction of sp³-hybridized carbons (Fsp3) is 0.125.